The molecule has 2 heterocycles. The quantitative estimate of drug-likeness (QED) is 0.848. The van der Waals surface area contributed by atoms with Crippen molar-refractivity contribution in [3.8, 4) is 0 Å². The van der Waals surface area contributed by atoms with Gasteiger partial charge in [-0.3, -0.25) is 0 Å². The fraction of sp³-hybridized carbons (Fsp3) is 0.733. The summed E-state index contributed by atoms with van der Waals surface area (Å²) >= 11 is 7.66. The van der Waals surface area contributed by atoms with E-state index in [2.05, 4.69) is 30.1 Å². The number of halogens is 1. The van der Waals surface area contributed by atoms with E-state index in [0.717, 1.165) is 10.9 Å². The number of likely N-dealkylation sites (tertiary alicyclic amines) is 1. The Kier molecular flexibility index (Phi) is 6.14. The maximum Gasteiger partial charge on any atom is 0.0931 e. The number of nitrogens with zero attached hydrogens (tertiary/aromatic N) is 1. The minimum Gasteiger partial charge on any atom is -0.309 e. The number of thiophene rings is 1. The molecule has 1 saturated heterocycles. The topological polar surface area (TPSA) is 15.3 Å². The van der Waals surface area contributed by atoms with E-state index in [0.29, 0.717) is 12.0 Å². The molecular weight excluding hydrogens is 276 g/mol. The fourth-order valence-electron chi connectivity index (χ4n) is 2.69. The van der Waals surface area contributed by atoms with Crippen LogP contribution < -0.4 is 5.32 Å². The van der Waals surface area contributed by atoms with Crippen LogP contribution in [0.15, 0.2) is 12.1 Å². The van der Waals surface area contributed by atoms with Gasteiger partial charge >= 0.3 is 0 Å². The molecule has 0 aromatic carbocycles. The molecule has 1 aliphatic rings. The Morgan fingerprint density at radius 2 is 2.00 bits per heavy atom. The van der Waals surface area contributed by atoms with Crippen LogP contribution in [0, 0.1) is 5.92 Å². The first kappa shape index (κ1) is 15.3. The highest BCUT2D eigenvalue weighted by Crippen LogP contribution is 2.26. The zero-order valence-electron chi connectivity index (χ0n) is 12.0. The molecule has 0 amide bonds. The lowest BCUT2D eigenvalue weighted by Crippen LogP contribution is -2.37. The first-order valence-corrected chi connectivity index (χ1v) is 8.55. The summed E-state index contributed by atoms with van der Waals surface area (Å²) in [6, 6.07) is 4.51. The van der Waals surface area contributed by atoms with E-state index in [4.69, 9.17) is 11.6 Å². The minimum atomic E-state index is 0.404. The van der Waals surface area contributed by atoms with E-state index < -0.39 is 0 Å². The summed E-state index contributed by atoms with van der Waals surface area (Å²) in [5.74, 6) is 0.705. The van der Waals surface area contributed by atoms with Gasteiger partial charge in [-0.2, -0.15) is 0 Å². The first-order valence-electron chi connectivity index (χ1n) is 7.36. The van der Waals surface area contributed by atoms with Gasteiger partial charge in [-0.05, 0) is 57.5 Å². The molecule has 1 aromatic heterocycles. The monoisotopic (exact) mass is 300 g/mol. The van der Waals surface area contributed by atoms with Crippen molar-refractivity contribution in [2.24, 2.45) is 5.92 Å². The lowest BCUT2D eigenvalue weighted by molar-refractivity contribution is 0.198. The van der Waals surface area contributed by atoms with Crippen LogP contribution in [0.2, 0.25) is 4.34 Å². The summed E-state index contributed by atoms with van der Waals surface area (Å²) in [5.41, 5.74) is 0. The standard InChI is InChI=1S/C15H25ClN2S/c1-12(11-18-8-4-3-5-9-18)10-17-13(2)14-6-7-15(16)19-14/h6-7,12-13,17H,3-5,8-11H2,1-2H3. The van der Waals surface area contributed by atoms with Gasteiger partial charge in [-0.15, -0.1) is 11.3 Å². The van der Waals surface area contributed by atoms with Gasteiger partial charge in [0.15, 0.2) is 0 Å². The third-order valence-corrected chi connectivity index (χ3v) is 5.23. The molecule has 19 heavy (non-hydrogen) atoms. The summed E-state index contributed by atoms with van der Waals surface area (Å²) in [7, 11) is 0. The van der Waals surface area contributed by atoms with Crippen molar-refractivity contribution in [3.05, 3.63) is 21.3 Å². The molecule has 2 atom stereocenters. The maximum atomic E-state index is 5.98. The SMILES string of the molecule is CC(CNC(C)c1ccc(Cl)s1)CN1CCCCC1. The Bertz CT molecular complexity index is 374. The molecule has 1 aliphatic heterocycles. The Morgan fingerprint density at radius 1 is 1.26 bits per heavy atom. The molecule has 1 aromatic rings. The summed E-state index contributed by atoms with van der Waals surface area (Å²) in [4.78, 5) is 3.94. The third kappa shape index (κ3) is 5.07. The normalized spacial score (nSPS) is 20.4. The molecule has 2 nitrogen and oxygen atoms in total. The van der Waals surface area contributed by atoms with E-state index in [-0.39, 0.29) is 0 Å². The highest BCUT2D eigenvalue weighted by molar-refractivity contribution is 7.16. The summed E-state index contributed by atoms with van der Waals surface area (Å²) < 4.78 is 0.880. The fourth-order valence-corrected chi connectivity index (χ4v) is 3.77. The molecule has 2 rings (SSSR count). The van der Waals surface area contributed by atoms with Crippen LogP contribution in [0.4, 0.5) is 0 Å². The van der Waals surface area contributed by atoms with Crippen LogP contribution in [0.25, 0.3) is 0 Å². The smallest absolute Gasteiger partial charge is 0.0931 e. The van der Waals surface area contributed by atoms with Crippen molar-refractivity contribution >= 4 is 22.9 Å². The molecule has 0 aliphatic carbocycles. The lowest BCUT2D eigenvalue weighted by Gasteiger charge is -2.29. The molecule has 2 unspecified atom stereocenters. The van der Waals surface area contributed by atoms with E-state index in [9.17, 15) is 0 Å². The molecular formula is C15H25ClN2S. The second-order valence-electron chi connectivity index (χ2n) is 5.74. The van der Waals surface area contributed by atoms with Crippen LogP contribution in [-0.2, 0) is 0 Å². The Labute approximate surface area is 126 Å². The molecule has 108 valence electrons. The predicted molar refractivity (Wildman–Crippen MR) is 85.2 cm³/mol. The van der Waals surface area contributed by atoms with Gasteiger partial charge in [-0.25, -0.2) is 0 Å². The zero-order valence-corrected chi connectivity index (χ0v) is 13.6. The lowest BCUT2D eigenvalue weighted by atomic mass is 10.1. The van der Waals surface area contributed by atoms with Crippen LogP contribution in [0.5, 0.6) is 0 Å². The van der Waals surface area contributed by atoms with Crippen LogP contribution in [0.1, 0.15) is 44.0 Å². The molecule has 0 bridgehead atoms. The van der Waals surface area contributed by atoms with Gasteiger partial charge in [0.25, 0.3) is 0 Å². The Morgan fingerprint density at radius 3 is 2.63 bits per heavy atom. The highest BCUT2D eigenvalue weighted by Gasteiger charge is 2.14. The maximum absolute atomic E-state index is 5.98. The molecule has 0 radical (unpaired) electrons. The van der Waals surface area contributed by atoms with E-state index in [1.165, 1.54) is 43.8 Å². The van der Waals surface area contributed by atoms with Gasteiger partial charge in [0.05, 0.1) is 4.34 Å². The molecule has 1 fully saturated rings. The van der Waals surface area contributed by atoms with Crippen LogP contribution in [-0.4, -0.2) is 31.1 Å². The van der Waals surface area contributed by atoms with Crippen molar-refractivity contribution in [2.75, 3.05) is 26.2 Å². The molecule has 0 spiro atoms. The van der Waals surface area contributed by atoms with Gasteiger partial charge in [-0.1, -0.05) is 24.9 Å². The molecule has 0 saturated carbocycles. The van der Waals surface area contributed by atoms with Gasteiger partial charge in [0.2, 0.25) is 0 Å². The zero-order chi connectivity index (χ0) is 13.7. The largest absolute Gasteiger partial charge is 0.309 e. The van der Waals surface area contributed by atoms with Crippen molar-refractivity contribution in [1.29, 1.82) is 0 Å². The average Bonchev–Trinajstić information content (AvgIpc) is 2.84. The number of hydrogen-bond acceptors (Lipinski definition) is 3. The highest BCUT2D eigenvalue weighted by atomic mass is 35.5. The van der Waals surface area contributed by atoms with Crippen molar-refractivity contribution in [2.45, 2.75) is 39.2 Å². The first-order chi connectivity index (χ1) is 9.15. The molecule has 1 N–H and O–H groups in total. The van der Waals surface area contributed by atoms with Crippen molar-refractivity contribution < 1.29 is 0 Å². The summed E-state index contributed by atoms with van der Waals surface area (Å²) in [5, 5.41) is 3.63. The van der Waals surface area contributed by atoms with Gasteiger partial charge in [0.1, 0.15) is 0 Å². The minimum absolute atomic E-state index is 0.404. The van der Waals surface area contributed by atoms with E-state index >= 15 is 0 Å². The summed E-state index contributed by atoms with van der Waals surface area (Å²) in [6.45, 7) is 9.45. The van der Waals surface area contributed by atoms with Gasteiger partial charge in [0, 0.05) is 17.5 Å². The Hall–Kier alpha value is -0.0900. The van der Waals surface area contributed by atoms with Gasteiger partial charge < -0.3 is 10.2 Å². The number of nitrogens with one attached hydrogen (secondary N) is 1. The van der Waals surface area contributed by atoms with Crippen LogP contribution >= 0.6 is 22.9 Å². The molecule has 4 heteroatoms. The summed E-state index contributed by atoms with van der Waals surface area (Å²) in [6.07, 6.45) is 4.17. The van der Waals surface area contributed by atoms with E-state index in [1.807, 2.05) is 6.07 Å². The van der Waals surface area contributed by atoms with Crippen LogP contribution in [0.3, 0.4) is 0 Å². The number of rotatable bonds is 6. The Balaban J connectivity index is 1.69. The van der Waals surface area contributed by atoms with Crippen molar-refractivity contribution in [1.82, 2.24) is 10.2 Å². The predicted octanol–water partition coefficient (Wildman–Crippen LogP) is 4.17. The number of hydrogen-bond donors (Lipinski definition) is 1. The second kappa shape index (κ2) is 7.63. The number of piperidine rings is 1. The average molecular weight is 301 g/mol. The third-order valence-electron chi connectivity index (χ3n) is 3.81. The van der Waals surface area contributed by atoms with E-state index in [1.54, 1.807) is 11.3 Å². The van der Waals surface area contributed by atoms with Crippen molar-refractivity contribution in [3.63, 3.8) is 0 Å². The second-order valence-corrected chi connectivity index (χ2v) is 7.48.